The Morgan fingerprint density at radius 2 is 1.34 bits per heavy atom. The molecule has 0 bridgehead atoms. The van der Waals surface area contributed by atoms with Gasteiger partial charge in [0, 0.05) is 13.1 Å². The average molecular weight is 493 g/mol. The van der Waals surface area contributed by atoms with Gasteiger partial charge in [-0.2, -0.15) is 52.2 Å². The van der Waals surface area contributed by atoms with Crippen molar-refractivity contribution in [1.29, 1.82) is 0 Å². The summed E-state index contributed by atoms with van der Waals surface area (Å²) in [6.45, 7) is -1.56. The van der Waals surface area contributed by atoms with E-state index in [0.717, 1.165) is 0 Å². The summed E-state index contributed by atoms with van der Waals surface area (Å²) in [5.41, 5.74) is 0. The molecular weight excluding hydrogens is 477 g/mol. The van der Waals surface area contributed by atoms with E-state index in [-0.39, 0.29) is 6.42 Å². The van der Waals surface area contributed by atoms with Gasteiger partial charge in [0.25, 0.3) is 20.1 Å². The minimum Gasteiger partial charge on any atom is -0.391 e. The first-order valence-corrected chi connectivity index (χ1v) is 10.4. The molecular formula is C11H16F9NO6S2. The fourth-order valence-electron chi connectivity index (χ4n) is 1.86. The number of unbranched alkanes of at least 4 members (excludes halogenated alkanes) is 1. The molecule has 0 aliphatic carbocycles. The van der Waals surface area contributed by atoms with Crippen LogP contribution < -0.4 is 0 Å². The van der Waals surface area contributed by atoms with Crippen molar-refractivity contribution >= 4 is 20.1 Å². The van der Waals surface area contributed by atoms with Gasteiger partial charge in [0.1, 0.15) is 5.75 Å². The van der Waals surface area contributed by atoms with Gasteiger partial charge in [0.2, 0.25) is 0 Å². The predicted octanol–water partition coefficient (Wildman–Crippen LogP) is 2.09. The predicted molar refractivity (Wildman–Crippen MR) is 78.7 cm³/mol. The first-order chi connectivity index (χ1) is 12.6. The number of hydrogen-bond acceptors (Lipinski definition) is 5. The third-order valence-corrected chi connectivity index (χ3v) is 6.08. The Morgan fingerprint density at radius 3 is 1.69 bits per heavy atom. The van der Waals surface area contributed by atoms with Crippen molar-refractivity contribution in [2.45, 2.75) is 49.1 Å². The third kappa shape index (κ3) is 5.86. The van der Waals surface area contributed by atoms with Crippen LogP contribution >= 0.6 is 0 Å². The molecule has 18 heteroatoms. The van der Waals surface area contributed by atoms with E-state index in [2.05, 4.69) is 0 Å². The Hall–Kier alpha value is -0.850. The SMILES string of the molecule is CCCCN(CC(O)CS(=O)(=O)O)S(=O)(=O)C(F)(F)C(F)(F)C(F)(F)C(F)(F)F. The molecule has 1 unspecified atom stereocenters. The Kier molecular flexibility index (Phi) is 8.46. The van der Waals surface area contributed by atoms with Crippen LogP contribution in [0.1, 0.15) is 19.8 Å². The number of sulfonamides is 1. The number of aliphatic hydroxyl groups excluding tert-OH is 1. The van der Waals surface area contributed by atoms with Crippen LogP contribution in [0, 0.1) is 0 Å². The molecule has 0 fully saturated rings. The normalized spacial score (nSPS) is 16.3. The van der Waals surface area contributed by atoms with Crippen LogP contribution in [0.25, 0.3) is 0 Å². The molecule has 2 N–H and O–H groups in total. The highest BCUT2D eigenvalue weighted by Gasteiger charge is 2.85. The lowest BCUT2D eigenvalue weighted by molar-refractivity contribution is -0.382. The summed E-state index contributed by atoms with van der Waals surface area (Å²) in [6, 6.07) is 0. The summed E-state index contributed by atoms with van der Waals surface area (Å²) in [4.78, 5) is 0. The summed E-state index contributed by atoms with van der Waals surface area (Å²) in [5, 5.41) is 2.36. The van der Waals surface area contributed by atoms with Crippen LogP contribution in [0.2, 0.25) is 0 Å². The van der Waals surface area contributed by atoms with Crippen molar-refractivity contribution in [3.63, 3.8) is 0 Å². The van der Waals surface area contributed by atoms with Crippen LogP contribution in [0.4, 0.5) is 39.5 Å². The lowest BCUT2D eigenvalue weighted by atomic mass is 10.1. The van der Waals surface area contributed by atoms with E-state index in [1.165, 1.54) is 6.92 Å². The van der Waals surface area contributed by atoms with E-state index in [0.29, 0.717) is 0 Å². The van der Waals surface area contributed by atoms with E-state index in [9.17, 15) is 61.5 Å². The Morgan fingerprint density at radius 1 is 0.897 bits per heavy atom. The van der Waals surface area contributed by atoms with Gasteiger partial charge < -0.3 is 5.11 Å². The zero-order chi connectivity index (χ0) is 23.7. The van der Waals surface area contributed by atoms with Crippen molar-refractivity contribution in [2.75, 3.05) is 18.8 Å². The Labute approximate surface area is 159 Å². The standard InChI is InChI=1S/C11H16F9NO6S2/c1-2-3-4-21(5-7(22)6-28(23,24)25)29(26,27)11(19,20)9(14,15)8(12,13)10(16,17)18/h7,22H,2-6H2,1H3,(H,23,24,25). The minimum atomic E-state index is -7.46. The smallest absolute Gasteiger partial charge is 0.391 e. The maximum atomic E-state index is 13.9. The van der Waals surface area contributed by atoms with Crippen LogP contribution in [0.5, 0.6) is 0 Å². The molecule has 0 amide bonds. The first kappa shape index (κ1) is 28.1. The third-order valence-electron chi connectivity index (χ3n) is 3.36. The Balaban J connectivity index is 6.23. The fraction of sp³-hybridized carbons (Fsp3) is 1.00. The second-order valence-corrected chi connectivity index (χ2v) is 9.26. The van der Waals surface area contributed by atoms with Gasteiger partial charge in [-0.3, -0.25) is 4.55 Å². The highest BCUT2D eigenvalue weighted by atomic mass is 32.2. The molecule has 0 aromatic carbocycles. The molecule has 0 aromatic rings. The summed E-state index contributed by atoms with van der Waals surface area (Å²) in [6.07, 6.45) is -10.2. The summed E-state index contributed by atoms with van der Waals surface area (Å²) >= 11 is 0. The maximum Gasteiger partial charge on any atom is 0.460 e. The first-order valence-electron chi connectivity index (χ1n) is 7.39. The molecule has 0 aromatic heterocycles. The largest absolute Gasteiger partial charge is 0.460 e. The molecule has 0 aliphatic rings. The number of rotatable bonds is 11. The van der Waals surface area contributed by atoms with Crippen molar-refractivity contribution in [3.05, 3.63) is 0 Å². The molecule has 0 heterocycles. The minimum absolute atomic E-state index is 0.0128. The van der Waals surface area contributed by atoms with Gasteiger partial charge in [-0.15, -0.1) is 0 Å². The van der Waals surface area contributed by atoms with Gasteiger partial charge in [0.15, 0.2) is 0 Å². The van der Waals surface area contributed by atoms with Crippen molar-refractivity contribution in [2.24, 2.45) is 0 Å². The van der Waals surface area contributed by atoms with Gasteiger partial charge >= 0.3 is 23.3 Å². The molecule has 0 spiro atoms. The second kappa shape index (κ2) is 8.72. The van der Waals surface area contributed by atoms with Gasteiger partial charge in [-0.25, -0.2) is 8.42 Å². The molecule has 0 radical (unpaired) electrons. The molecule has 1 atom stereocenters. The fourth-order valence-corrected chi connectivity index (χ4v) is 3.97. The van der Waals surface area contributed by atoms with Gasteiger partial charge in [0.05, 0.1) is 6.10 Å². The quantitative estimate of drug-likeness (QED) is 0.337. The summed E-state index contributed by atoms with van der Waals surface area (Å²) in [7, 11) is -12.0. The van der Waals surface area contributed by atoms with E-state index in [1.807, 2.05) is 0 Å². The van der Waals surface area contributed by atoms with E-state index in [1.54, 1.807) is 0 Å². The molecule has 176 valence electrons. The van der Waals surface area contributed by atoms with Crippen LogP contribution in [-0.2, 0) is 20.1 Å². The van der Waals surface area contributed by atoms with Crippen LogP contribution in [0.3, 0.4) is 0 Å². The summed E-state index contributed by atoms with van der Waals surface area (Å²) in [5.74, 6) is -16.6. The number of alkyl halides is 9. The summed E-state index contributed by atoms with van der Waals surface area (Å²) < 4.78 is 170. The number of halogens is 9. The van der Waals surface area contributed by atoms with Crippen molar-refractivity contribution in [3.8, 4) is 0 Å². The van der Waals surface area contributed by atoms with Crippen LogP contribution in [0.15, 0.2) is 0 Å². The average Bonchev–Trinajstić information content (AvgIpc) is 2.47. The molecule has 0 rings (SSSR count). The topological polar surface area (TPSA) is 112 Å². The van der Waals surface area contributed by atoms with Gasteiger partial charge in [-0.1, -0.05) is 13.3 Å². The molecule has 0 saturated carbocycles. The highest BCUT2D eigenvalue weighted by Crippen LogP contribution is 2.55. The lowest BCUT2D eigenvalue weighted by Gasteiger charge is -2.36. The van der Waals surface area contributed by atoms with Crippen LogP contribution in [-0.4, -0.2) is 79.0 Å². The lowest BCUT2D eigenvalue weighted by Crippen LogP contribution is -2.65. The zero-order valence-corrected chi connectivity index (χ0v) is 15.9. The Bertz CT molecular complexity index is 766. The zero-order valence-electron chi connectivity index (χ0n) is 14.3. The maximum absolute atomic E-state index is 13.9. The van der Waals surface area contributed by atoms with E-state index in [4.69, 9.17) is 4.55 Å². The molecule has 0 saturated heterocycles. The van der Waals surface area contributed by atoms with E-state index < -0.39 is 79.1 Å². The number of aliphatic hydroxyl groups is 1. The second-order valence-electron chi connectivity index (χ2n) is 5.78. The number of nitrogens with zero attached hydrogens (tertiary/aromatic N) is 1. The highest BCUT2D eigenvalue weighted by molar-refractivity contribution is 7.90. The molecule has 0 aliphatic heterocycles. The van der Waals surface area contributed by atoms with E-state index >= 15 is 0 Å². The van der Waals surface area contributed by atoms with Crippen molar-refractivity contribution in [1.82, 2.24) is 4.31 Å². The molecule has 7 nitrogen and oxygen atoms in total. The van der Waals surface area contributed by atoms with Gasteiger partial charge in [-0.05, 0) is 6.42 Å². The number of hydrogen-bond donors (Lipinski definition) is 2. The monoisotopic (exact) mass is 493 g/mol. The van der Waals surface area contributed by atoms with Crippen molar-refractivity contribution < 1.29 is 66.0 Å². The molecule has 29 heavy (non-hydrogen) atoms.